The van der Waals surface area contributed by atoms with Crippen LogP contribution in [0.3, 0.4) is 0 Å². The predicted octanol–water partition coefficient (Wildman–Crippen LogP) is 0.669. The van der Waals surface area contributed by atoms with Gasteiger partial charge in [0.1, 0.15) is 0 Å². The van der Waals surface area contributed by atoms with Crippen LogP contribution in [0.15, 0.2) is 45.6 Å². The maximum absolute atomic E-state index is 12.1. The highest BCUT2D eigenvalue weighted by Gasteiger charge is 2.25. The third kappa shape index (κ3) is 5.82. The fourth-order valence-corrected chi connectivity index (χ4v) is 2.38. The number of furan rings is 2. The van der Waals surface area contributed by atoms with Crippen molar-refractivity contribution in [3.05, 3.63) is 48.3 Å². The Hall–Kier alpha value is -3.40. The van der Waals surface area contributed by atoms with Crippen LogP contribution in [0.1, 0.15) is 21.1 Å². The molecule has 0 bridgehead atoms. The summed E-state index contributed by atoms with van der Waals surface area (Å²) in [4.78, 5) is 46.0. The molecule has 144 valence electrons. The van der Waals surface area contributed by atoms with Gasteiger partial charge in [-0.3, -0.25) is 14.5 Å². The highest BCUT2D eigenvalue weighted by Crippen LogP contribution is 2.10. The monoisotopic (exact) mass is 378 g/mol. The molecule has 1 aliphatic heterocycles. The molecular formula is C17H18N2O8. The molecule has 2 aromatic heterocycles. The first-order valence-corrected chi connectivity index (χ1v) is 7.96. The second-order valence-electron chi connectivity index (χ2n) is 5.56. The Labute approximate surface area is 153 Å². The number of carbonyl (C=O) groups excluding carboxylic acids is 2. The summed E-state index contributed by atoms with van der Waals surface area (Å²) < 4.78 is 10.2. The van der Waals surface area contributed by atoms with Crippen molar-refractivity contribution >= 4 is 23.6 Å². The van der Waals surface area contributed by atoms with E-state index in [9.17, 15) is 9.59 Å². The van der Waals surface area contributed by atoms with Crippen LogP contribution < -0.4 is 0 Å². The molecule has 10 nitrogen and oxygen atoms in total. The van der Waals surface area contributed by atoms with Gasteiger partial charge in [-0.2, -0.15) is 0 Å². The number of carboxylic acid groups (broad SMARTS) is 2. The van der Waals surface area contributed by atoms with Gasteiger partial charge in [0.2, 0.25) is 5.78 Å². The van der Waals surface area contributed by atoms with Gasteiger partial charge < -0.3 is 23.9 Å². The molecule has 0 atom stereocenters. The Morgan fingerprint density at radius 2 is 1.37 bits per heavy atom. The van der Waals surface area contributed by atoms with Crippen molar-refractivity contribution < 1.29 is 38.2 Å². The number of piperazine rings is 1. The summed E-state index contributed by atoms with van der Waals surface area (Å²) in [7, 11) is 0. The van der Waals surface area contributed by atoms with Gasteiger partial charge in [-0.05, 0) is 24.3 Å². The minimum atomic E-state index is -1.82. The summed E-state index contributed by atoms with van der Waals surface area (Å²) in [5.41, 5.74) is 0. The highest BCUT2D eigenvalue weighted by atomic mass is 16.4. The maximum Gasteiger partial charge on any atom is 0.414 e. The molecule has 27 heavy (non-hydrogen) atoms. The summed E-state index contributed by atoms with van der Waals surface area (Å²) in [6.07, 6.45) is 2.98. The lowest BCUT2D eigenvalue weighted by atomic mass is 10.2. The van der Waals surface area contributed by atoms with Gasteiger partial charge in [0.05, 0.1) is 19.1 Å². The fraction of sp³-hybridized carbons (Fsp3) is 0.294. The summed E-state index contributed by atoms with van der Waals surface area (Å²) >= 11 is 0. The van der Waals surface area contributed by atoms with Crippen LogP contribution in [0.25, 0.3) is 0 Å². The third-order valence-electron chi connectivity index (χ3n) is 3.74. The van der Waals surface area contributed by atoms with E-state index in [1.807, 2.05) is 4.90 Å². The quantitative estimate of drug-likeness (QED) is 0.580. The van der Waals surface area contributed by atoms with E-state index < -0.39 is 11.9 Å². The van der Waals surface area contributed by atoms with Crippen LogP contribution in [0.2, 0.25) is 0 Å². The zero-order chi connectivity index (χ0) is 19.8. The molecular weight excluding hydrogens is 360 g/mol. The number of nitrogens with zero attached hydrogens (tertiary/aromatic N) is 2. The van der Waals surface area contributed by atoms with E-state index >= 15 is 0 Å². The minimum Gasteiger partial charge on any atom is -0.473 e. The summed E-state index contributed by atoms with van der Waals surface area (Å²) in [6, 6.07) is 6.73. The lowest BCUT2D eigenvalue weighted by molar-refractivity contribution is -0.159. The average Bonchev–Trinajstić information content (AvgIpc) is 3.36. The number of Topliss-reactive ketones (excluding diaryl/α,β-unsaturated/α-hetero) is 1. The SMILES string of the molecule is O=C(CN1CCN(C(=O)c2ccco2)CC1)c1ccco1.O=C(O)C(=O)O. The number of aliphatic carboxylic acids is 2. The molecule has 1 aliphatic rings. The van der Waals surface area contributed by atoms with Crippen molar-refractivity contribution in [2.24, 2.45) is 0 Å². The van der Waals surface area contributed by atoms with Crippen molar-refractivity contribution in [1.29, 1.82) is 0 Å². The van der Waals surface area contributed by atoms with Crippen molar-refractivity contribution in [2.75, 3.05) is 32.7 Å². The Morgan fingerprint density at radius 1 is 0.852 bits per heavy atom. The molecule has 0 aliphatic carbocycles. The van der Waals surface area contributed by atoms with Crippen molar-refractivity contribution in [3.63, 3.8) is 0 Å². The van der Waals surface area contributed by atoms with E-state index in [1.54, 1.807) is 29.2 Å². The Kier molecular flexibility index (Phi) is 6.89. The van der Waals surface area contributed by atoms with Gasteiger partial charge in [0, 0.05) is 26.2 Å². The third-order valence-corrected chi connectivity index (χ3v) is 3.74. The Morgan fingerprint density at radius 3 is 1.81 bits per heavy atom. The number of carboxylic acids is 2. The average molecular weight is 378 g/mol. The highest BCUT2D eigenvalue weighted by molar-refractivity contribution is 6.27. The molecule has 2 N–H and O–H groups in total. The molecule has 1 fully saturated rings. The van der Waals surface area contributed by atoms with Crippen molar-refractivity contribution in [1.82, 2.24) is 9.80 Å². The summed E-state index contributed by atoms with van der Waals surface area (Å²) in [6.45, 7) is 2.82. The van der Waals surface area contributed by atoms with Crippen LogP contribution >= 0.6 is 0 Å². The topological polar surface area (TPSA) is 142 Å². The predicted molar refractivity (Wildman–Crippen MR) is 89.4 cm³/mol. The first-order valence-electron chi connectivity index (χ1n) is 7.96. The fourth-order valence-electron chi connectivity index (χ4n) is 2.38. The Balaban J connectivity index is 0.000000380. The maximum atomic E-state index is 12.1. The van der Waals surface area contributed by atoms with E-state index in [-0.39, 0.29) is 11.7 Å². The lowest BCUT2D eigenvalue weighted by Gasteiger charge is -2.33. The van der Waals surface area contributed by atoms with Gasteiger partial charge in [-0.15, -0.1) is 0 Å². The number of ketones is 1. The number of hydrogen-bond donors (Lipinski definition) is 2. The molecule has 0 radical (unpaired) electrons. The molecule has 3 heterocycles. The molecule has 0 saturated carbocycles. The number of hydrogen-bond acceptors (Lipinski definition) is 7. The molecule has 1 saturated heterocycles. The molecule has 0 aromatic carbocycles. The smallest absolute Gasteiger partial charge is 0.414 e. The first-order chi connectivity index (χ1) is 12.9. The van der Waals surface area contributed by atoms with Gasteiger partial charge in [-0.25, -0.2) is 9.59 Å². The Bertz CT molecular complexity index is 762. The van der Waals surface area contributed by atoms with Crippen molar-refractivity contribution in [3.8, 4) is 0 Å². The second-order valence-corrected chi connectivity index (χ2v) is 5.56. The van der Waals surface area contributed by atoms with Gasteiger partial charge in [-0.1, -0.05) is 0 Å². The number of carbonyl (C=O) groups is 4. The minimum absolute atomic E-state index is 0.0363. The standard InChI is InChI=1S/C15H16N2O4.C2H2O4/c18-12(13-3-1-9-20-13)11-16-5-7-17(8-6-16)15(19)14-4-2-10-21-14;3-1(4)2(5)6/h1-4,9-10H,5-8,11H2;(H,3,4)(H,5,6). The van der Waals surface area contributed by atoms with Gasteiger partial charge >= 0.3 is 11.9 Å². The second kappa shape index (κ2) is 9.34. The lowest BCUT2D eigenvalue weighted by Crippen LogP contribution is -2.49. The van der Waals surface area contributed by atoms with E-state index in [2.05, 4.69) is 0 Å². The molecule has 0 unspecified atom stereocenters. The van der Waals surface area contributed by atoms with Crippen molar-refractivity contribution in [2.45, 2.75) is 0 Å². The molecule has 0 spiro atoms. The van der Waals surface area contributed by atoms with E-state index in [0.717, 1.165) is 0 Å². The van der Waals surface area contributed by atoms with E-state index in [4.69, 9.17) is 28.6 Å². The molecule has 1 amide bonds. The molecule has 3 rings (SSSR count). The molecule has 10 heteroatoms. The number of rotatable bonds is 4. The van der Waals surface area contributed by atoms with Crippen LogP contribution in [-0.4, -0.2) is 76.4 Å². The number of amides is 1. The van der Waals surface area contributed by atoms with E-state index in [1.165, 1.54) is 12.5 Å². The van der Waals surface area contributed by atoms with Crippen LogP contribution in [0.4, 0.5) is 0 Å². The van der Waals surface area contributed by atoms with Crippen LogP contribution in [-0.2, 0) is 9.59 Å². The largest absolute Gasteiger partial charge is 0.473 e. The molecule has 2 aromatic rings. The summed E-state index contributed by atoms with van der Waals surface area (Å²) in [5.74, 6) is -3.05. The first kappa shape index (κ1) is 19.9. The van der Waals surface area contributed by atoms with E-state index in [0.29, 0.717) is 44.2 Å². The summed E-state index contributed by atoms with van der Waals surface area (Å²) in [5, 5.41) is 14.8. The zero-order valence-electron chi connectivity index (χ0n) is 14.2. The normalized spacial score (nSPS) is 14.1. The van der Waals surface area contributed by atoms with Crippen LogP contribution in [0.5, 0.6) is 0 Å². The van der Waals surface area contributed by atoms with Gasteiger partial charge in [0.15, 0.2) is 11.5 Å². The van der Waals surface area contributed by atoms with Gasteiger partial charge in [0.25, 0.3) is 5.91 Å². The zero-order valence-corrected chi connectivity index (χ0v) is 14.2. The van der Waals surface area contributed by atoms with Crippen LogP contribution in [0, 0.1) is 0 Å².